The molecule has 8 nitrogen and oxygen atoms in total. The maximum absolute atomic E-state index is 12.7. The molecular weight excluding hydrogens is 394 g/mol. The molecule has 1 N–H and O–H groups in total. The van der Waals surface area contributed by atoms with Crippen molar-refractivity contribution in [2.24, 2.45) is 0 Å². The summed E-state index contributed by atoms with van der Waals surface area (Å²) in [6, 6.07) is 10.0. The SMILES string of the molecule is COc1ccccc1CCNC(=O)Cn1cc(S(=O)(=O)N2CCCC2)ccc1=O. The molecule has 1 saturated heterocycles. The van der Waals surface area contributed by atoms with Crippen LogP contribution < -0.4 is 15.6 Å². The molecule has 1 fully saturated rings. The topological polar surface area (TPSA) is 97.7 Å². The van der Waals surface area contributed by atoms with E-state index >= 15 is 0 Å². The number of nitrogens with one attached hydrogen (secondary N) is 1. The number of hydrogen-bond acceptors (Lipinski definition) is 5. The first-order valence-corrected chi connectivity index (χ1v) is 10.9. The van der Waals surface area contributed by atoms with Crippen molar-refractivity contribution >= 4 is 15.9 Å². The number of amides is 1. The minimum atomic E-state index is -3.65. The van der Waals surface area contributed by atoms with E-state index in [9.17, 15) is 18.0 Å². The van der Waals surface area contributed by atoms with Gasteiger partial charge in [0.25, 0.3) is 5.56 Å². The van der Waals surface area contributed by atoms with Gasteiger partial charge in [-0.05, 0) is 37.0 Å². The first-order valence-electron chi connectivity index (χ1n) is 9.51. The summed E-state index contributed by atoms with van der Waals surface area (Å²) in [5, 5.41) is 2.76. The van der Waals surface area contributed by atoms with E-state index in [-0.39, 0.29) is 17.3 Å². The van der Waals surface area contributed by atoms with Crippen molar-refractivity contribution in [3.8, 4) is 5.75 Å². The van der Waals surface area contributed by atoms with Crippen LogP contribution in [0.2, 0.25) is 0 Å². The number of carbonyl (C=O) groups excluding carboxylic acids is 1. The Bertz CT molecular complexity index is 1030. The van der Waals surface area contributed by atoms with E-state index < -0.39 is 15.6 Å². The van der Waals surface area contributed by atoms with Crippen molar-refractivity contribution in [1.29, 1.82) is 0 Å². The van der Waals surface area contributed by atoms with Crippen LogP contribution in [0, 0.1) is 0 Å². The van der Waals surface area contributed by atoms with Gasteiger partial charge in [0.2, 0.25) is 15.9 Å². The fourth-order valence-corrected chi connectivity index (χ4v) is 4.86. The molecule has 0 atom stereocenters. The van der Waals surface area contributed by atoms with Gasteiger partial charge < -0.3 is 14.6 Å². The molecule has 0 spiro atoms. The summed E-state index contributed by atoms with van der Waals surface area (Å²) >= 11 is 0. The van der Waals surface area contributed by atoms with Crippen LogP contribution in [0.25, 0.3) is 0 Å². The molecule has 0 radical (unpaired) electrons. The summed E-state index contributed by atoms with van der Waals surface area (Å²) in [7, 11) is -2.06. The first-order chi connectivity index (χ1) is 13.9. The molecule has 0 aliphatic carbocycles. The van der Waals surface area contributed by atoms with Crippen molar-refractivity contribution in [2.75, 3.05) is 26.7 Å². The lowest BCUT2D eigenvalue weighted by molar-refractivity contribution is -0.121. The molecule has 1 aromatic heterocycles. The molecule has 1 aliphatic heterocycles. The van der Waals surface area contributed by atoms with Gasteiger partial charge in [-0.15, -0.1) is 0 Å². The Balaban J connectivity index is 1.63. The molecule has 3 rings (SSSR count). The van der Waals surface area contributed by atoms with E-state index in [2.05, 4.69) is 5.32 Å². The number of para-hydroxylation sites is 1. The fraction of sp³-hybridized carbons (Fsp3) is 0.400. The second-order valence-corrected chi connectivity index (χ2v) is 8.79. The lowest BCUT2D eigenvalue weighted by atomic mass is 10.1. The Hall–Kier alpha value is -2.65. The number of sulfonamides is 1. The molecular formula is C20H25N3O5S. The van der Waals surface area contributed by atoms with Gasteiger partial charge in [0, 0.05) is 31.9 Å². The Morgan fingerprint density at radius 2 is 1.86 bits per heavy atom. The zero-order valence-electron chi connectivity index (χ0n) is 16.3. The Kier molecular flexibility index (Phi) is 6.71. The lowest BCUT2D eigenvalue weighted by Gasteiger charge is -2.16. The molecule has 1 amide bonds. The highest BCUT2D eigenvalue weighted by molar-refractivity contribution is 7.89. The van der Waals surface area contributed by atoms with Gasteiger partial charge in [0.1, 0.15) is 12.3 Å². The molecule has 1 aromatic carbocycles. The van der Waals surface area contributed by atoms with E-state index in [4.69, 9.17) is 4.74 Å². The van der Waals surface area contributed by atoms with Gasteiger partial charge in [-0.2, -0.15) is 4.31 Å². The number of ether oxygens (including phenoxy) is 1. The Labute approximate surface area is 170 Å². The van der Waals surface area contributed by atoms with E-state index in [0.29, 0.717) is 26.1 Å². The van der Waals surface area contributed by atoms with Crippen LogP contribution in [0.15, 0.2) is 52.3 Å². The molecule has 29 heavy (non-hydrogen) atoms. The smallest absolute Gasteiger partial charge is 0.251 e. The summed E-state index contributed by atoms with van der Waals surface area (Å²) in [5.41, 5.74) is 0.538. The number of carbonyl (C=O) groups is 1. The summed E-state index contributed by atoms with van der Waals surface area (Å²) in [6.45, 7) is 1.09. The lowest BCUT2D eigenvalue weighted by Crippen LogP contribution is -2.34. The zero-order chi connectivity index (χ0) is 20.9. The van der Waals surface area contributed by atoms with Crippen LogP contribution in [0.5, 0.6) is 5.75 Å². The van der Waals surface area contributed by atoms with Crippen LogP contribution in [-0.4, -0.2) is 49.9 Å². The number of pyridine rings is 1. The third-order valence-electron chi connectivity index (χ3n) is 4.88. The molecule has 2 aromatic rings. The maximum Gasteiger partial charge on any atom is 0.251 e. The van der Waals surface area contributed by atoms with Gasteiger partial charge in [-0.3, -0.25) is 9.59 Å². The standard InChI is InChI=1S/C20H25N3O5S/c1-28-18-7-3-2-6-16(18)10-11-21-19(24)15-22-14-17(8-9-20(22)25)29(26,27)23-12-4-5-13-23/h2-3,6-9,14H,4-5,10-13,15H2,1H3,(H,21,24). The Morgan fingerprint density at radius 1 is 1.14 bits per heavy atom. The molecule has 0 bridgehead atoms. The minimum Gasteiger partial charge on any atom is -0.496 e. The van der Waals surface area contributed by atoms with Gasteiger partial charge in [-0.25, -0.2) is 8.42 Å². The summed E-state index contributed by atoms with van der Waals surface area (Å²) in [4.78, 5) is 24.4. The summed E-state index contributed by atoms with van der Waals surface area (Å²) in [5.74, 6) is 0.385. The van der Waals surface area contributed by atoms with E-state index in [1.165, 1.54) is 22.6 Å². The molecule has 1 aliphatic rings. The molecule has 156 valence electrons. The van der Waals surface area contributed by atoms with Gasteiger partial charge >= 0.3 is 0 Å². The average molecular weight is 420 g/mol. The van der Waals surface area contributed by atoms with Crippen molar-refractivity contribution in [1.82, 2.24) is 14.2 Å². The number of benzene rings is 1. The predicted octanol–water partition coefficient (Wildman–Crippen LogP) is 1.00. The second-order valence-electron chi connectivity index (χ2n) is 6.85. The number of hydrogen-bond donors (Lipinski definition) is 1. The van der Waals surface area contributed by atoms with Crippen LogP contribution >= 0.6 is 0 Å². The second kappa shape index (κ2) is 9.23. The van der Waals surface area contributed by atoms with Crippen molar-refractivity contribution in [3.63, 3.8) is 0 Å². The zero-order valence-corrected chi connectivity index (χ0v) is 17.2. The van der Waals surface area contributed by atoms with Crippen LogP contribution in [0.1, 0.15) is 18.4 Å². The van der Waals surface area contributed by atoms with E-state index in [1.54, 1.807) is 7.11 Å². The third kappa shape index (κ3) is 5.04. The summed E-state index contributed by atoms with van der Waals surface area (Å²) in [6.07, 6.45) is 3.48. The van der Waals surface area contributed by atoms with Crippen LogP contribution in [-0.2, 0) is 27.8 Å². The molecule has 2 heterocycles. The van der Waals surface area contributed by atoms with Gasteiger partial charge in [0.05, 0.1) is 12.0 Å². The largest absolute Gasteiger partial charge is 0.496 e. The highest BCUT2D eigenvalue weighted by Crippen LogP contribution is 2.20. The number of aromatic nitrogens is 1. The highest BCUT2D eigenvalue weighted by atomic mass is 32.2. The average Bonchev–Trinajstić information content (AvgIpc) is 3.25. The fourth-order valence-electron chi connectivity index (χ4n) is 3.32. The highest BCUT2D eigenvalue weighted by Gasteiger charge is 2.27. The quantitative estimate of drug-likeness (QED) is 0.688. The first kappa shape index (κ1) is 21.1. The maximum atomic E-state index is 12.7. The number of nitrogens with zero attached hydrogens (tertiary/aromatic N) is 2. The van der Waals surface area contributed by atoms with Crippen molar-refractivity contribution in [2.45, 2.75) is 30.7 Å². The van der Waals surface area contributed by atoms with Crippen molar-refractivity contribution in [3.05, 3.63) is 58.5 Å². The monoisotopic (exact) mass is 419 g/mol. The number of rotatable bonds is 8. The molecule has 0 saturated carbocycles. The Morgan fingerprint density at radius 3 is 2.59 bits per heavy atom. The summed E-state index contributed by atoms with van der Waals surface area (Å²) < 4.78 is 33.2. The molecule has 0 unspecified atom stereocenters. The van der Waals surface area contributed by atoms with Crippen LogP contribution in [0.4, 0.5) is 0 Å². The number of methoxy groups -OCH3 is 1. The van der Waals surface area contributed by atoms with Gasteiger partial charge in [-0.1, -0.05) is 18.2 Å². The predicted molar refractivity (Wildman–Crippen MR) is 108 cm³/mol. The van der Waals surface area contributed by atoms with E-state index in [0.717, 1.165) is 28.7 Å². The van der Waals surface area contributed by atoms with Crippen molar-refractivity contribution < 1.29 is 17.9 Å². The van der Waals surface area contributed by atoms with E-state index in [1.807, 2.05) is 24.3 Å². The van der Waals surface area contributed by atoms with Gasteiger partial charge in [0.15, 0.2) is 0 Å². The normalized spacial score (nSPS) is 14.7. The minimum absolute atomic E-state index is 0.0285. The third-order valence-corrected chi connectivity index (χ3v) is 6.76. The molecule has 9 heteroatoms. The van der Waals surface area contributed by atoms with Crippen LogP contribution in [0.3, 0.4) is 0 Å².